The molecule has 0 aliphatic rings. The fourth-order valence-electron chi connectivity index (χ4n) is 1.89. The van der Waals surface area contributed by atoms with Crippen LogP contribution in [-0.2, 0) is 6.42 Å². The Balaban J connectivity index is 2.21. The molecule has 0 radical (unpaired) electrons. The molecule has 0 aliphatic heterocycles. The van der Waals surface area contributed by atoms with E-state index in [2.05, 4.69) is 5.32 Å². The van der Waals surface area contributed by atoms with Crippen LogP contribution in [0.2, 0.25) is 5.02 Å². The van der Waals surface area contributed by atoms with E-state index in [4.69, 9.17) is 17.3 Å². The SMILES string of the molecule is CCc1ccc(NC(=O)c2ccc(Cl)cc2O)cc1N. The standard InChI is InChI=1S/C15H15ClN2O2/c1-2-9-3-5-11(8-13(9)17)18-15(20)12-6-4-10(16)7-14(12)19/h3-8,19H,2,17H2,1H3,(H,18,20). The van der Waals surface area contributed by atoms with E-state index in [1.165, 1.54) is 12.1 Å². The number of benzene rings is 2. The van der Waals surface area contributed by atoms with Crippen molar-refractivity contribution in [2.45, 2.75) is 13.3 Å². The van der Waals surface area contributed by atoms with Crippen molar-refractivity contribution in [3.05, 3.63) is 52.5 Å². The number of carbonyl (C=O) groups excluding carboxylic acids is 1. The second-order valence-corrected chi connectivity index (χ2v) is 4.82. The van der Waals surface area contributed by atoms with Crippen molar-refractivity contribution in [2.24, 2.45) is 0 Å². The van der Waals surface area contributed by atoms with E-state index in [-0.39, 0.29) is 11.3 Å². The minimum atomic E-state index is -0.414. The van der Waals surface area contributed by atoms with Crippen LogP contribution in [0, 0.1) is 0 Å². The molecule has 0 bridgehead atoms. The molecule has 5 heteroatoms. The zero-order valence-corrected chi connectivity index (χ0v) is 11.7. The van der Waals surface area contributed by atoms with Gasteiger partial charge in [0.05, 0.1) is 5.56 Å². The maximum atomic E-state index is 12.1. The summed E-state index contributed by atoms with van der Waals surface area (Å²) in [7, 11) is 0. The molecule has 2 aromatic rings. The lowest BCUT2D eigenvalue weighted by Gasteiger charge is -2.09. The monoisotopic (exact) mass is 290 g/mol. The van der Waals surface area contributed by atoms with Gasteiger partial charge < -0.3 is 16.2 Å². The van der Waals surface area contributed by atoms with Gasteiger partial charge in [0.15, 0.2) is 0 Å². The first-order valence-corrected chi connectivity index (χ1v) is 6.57. The highest BCUT2D eigenvalue weighted by Gasteiger charge is 2.12. The fourth-order valence-corrected chi connectivity index (χ4v) is 2.06. The van der Waals surface area contributed by atoms with Gasteiger partial charge in [-0.05, 0) is 42.3 Å². The number of hydrogen-bond donors (Lipinski definition) is 3. The number of nitrogens with two attached hydrogens (primary N) is 1. The molecule has 0 aromatic heterocycles. The van der Waals surface area contributed by atoms with Crippen molar-refractivity contribution in [1.29, 1.82) is 0 Å². The normalized spacial score (nSPS) is 10.3. The average molecular weight is 291 g/mol. The lowest BCUT2D eigenvalue weighted by atomic mass is 10.1. The number of phenols is 1. The Morgan fingerprint density at radius 3 is 2.65 bits per heavy atom. The van der Waals surface area contributed by atoms with E-state index in [0.29, 0.717) is 16.4 Å². The van der Waals surface area contributed by atoms with Crippen molar-refractivity contribution < 1.29 is 9.90 Å². The van der Waals surface area contributed by atoms with Crippen LogP contribution in [0.1, 0.15) is 22.8 Å². The van der Waals surface area contributed by atoms with Crippen LogP contribution in [-0.4, -0.2) is 11.0 Å². The van der Waals surface area contributed by atoms with Crippen molar-refractivity contribution in [3.8, 4) is 5.75 Å². The molecule has 20 heavy (non-hydrogen) atoms. The Morgan fingerprint density at radius 2 is 2.05 bits per heavy atom. The van der Waals surface area contributed by atoms with Crippen LogP contribution < -0.4 is 11.1 Å². The third kappa shape index (κ3) is 3.03. The summed E-state index contributed by atoms with van der Waals surface area (Å²) in [6.07, 6.45) is 0.831. The molecule has 4 nitrogen and oxygen atoms in total. The van der Waals surface area contributed by atoms with Crippen LogP contribution in [0.25, 0.3) is 0 Å². The molecule has 104 valence electrons. The average Bonchev–Trinajstić information content (AvgIpc) is 2.38. The first-order valence-electron chi connectivity index (χ1n) is 6.19. The smallest absolute Gasteiger partial charge is 0.259 e. The van der Waals surface area contributed by atoms with Gasteiger partial charge in [0.2, 0.25) is 0 Å². The minimum absolute atomic E-state index is 0.159. The molecule has 0 saturated carbocycles. The summed E-state index contributed by atoms with van der Waals surface area (Å²) in [6.45, 7) is 2.01. The Bertz CT molecular complexity index is 656. The van der Waals surface area contributed by atoms with E-state index in [0.717, 1.165) is 12.0 Å². The number of rotatable bonds is 3. The van der Waals surface area contributed by atoms with E-state index in [9.17, 15) is 9.90 Å². The Morgan fingerprint density at radius 1 is 1.30 bits per heavy atom. The number of aromatic hydroxyl groups is 1. The number of halogens is 1. The van der Waals surface area contributed by atoms with Crippen molar-refractivity contribution in [1.82, 2.24) is 0 Å². The number of anilines is 2. The number of aryl methyl sites for hydroxylation is 1. The van der Waals surface area contributed by atoms with Gasteiger partial charge in [0.25, 0.3) is 5.91 Å². The first-order chi connectivity index (χ1) is 9.51. The summed E-state index contributed by atoms with van der Waals surface area (Å²) in [5, 5.41) is 12.8. The highest BCUT2D eigenvalue weighted by Crippen LogP contribution is 2.24. The summed E-state index contributed by atoms with van der Waals surface area (Å²) in [4.78, 5) is 12.1. The Labute approximate surface area is 122 Å². The predicted molar refractivity (Wildman–Crippen MR) is 81.3 cm³/mol. The van der Waals surface area contributed by atoms with Crippen molar-refractivity contribution in [2.75, 3.05) is 11.1 Å². The lowest BCUT2D eigenvalue weighted by Crippen LogP contribution is -2.12. The molecule has 2 aromatic carbocycles. The van der Waals surface area contributed by atoms with E-state index >= 15 is 0 Å². The highest BCUT2D eigenvalue weighted by atomic mass is 35.5. The number of amides is 1. The molecule has 0 unspecified atom stereocenters. The molecule has 0 aliphatic carbocycles. The number of phenolic OH excluding ortho intramolecular Hbond substituents is 1. The minimum Gasteiger partial charge on any atom is -0.507 e. The van der Waals surface area contributed by atoms with Crippen LogP contribution in [0.4, 0.5) is 11.4 Å². The van der Waals surface area contributed by atoms with Gasteiger partial charge in [-0.2, -0.15) is 0 Å². The molecule has 0 heterocycles. The summed E-state index contributed by atoms with van der Waals surface area (Å²) >= 11 is 5.73. The second-order valence-electron chi connectivity index (χ2n) is 4.38. The molecule has 2 rings (SSSR count). The van der Waals surface area contributed by atoms with Crippen LogP contribution >= 0.6 is 11.6 Å². The Hall–Kier alpha value is -2.20. The fraction of sp³-hybridized carbons (Fsp3) is 0.133. The zero-order valence-electron chi connectivity index (χ0n) is 11.0. The summed E-state index contributed by atoms with van der Waals surface area (Å²) in [6, 6.07) is 9.68. The summed E-state index contributed by atoms with van der Waals surface area (Å²) in [5.41, 5.74) is 8.28. The van der Waals surface area contributed by atoms with Gasteiger partial charge in [-0.1, -0.05) is 24.6 Å². The molecule has 0 spiro atoms. The van der Waals surface area contributed by atoms with Gasteiger partial charge in [0, 0.05) is 16.4 Å². The largest absolute Gasteiger partial charge is 0.507 e. The van der Waals surface area contributed by atoms with Crippen LogP contribution in [0.5, 0.6) is 5.75 Å². The first kappa shape index (κ1) is 14.2. The maximum absolute atomic E-state index is 12.1. The van der Waals surface area contributed by atoms with Crippen molar-refractivity contribution >= 4 is 28.9 Å². The quantitative estimate of drug-likeness (QED) is 0.758. The zero-order chi connectivity index (χ0) is 14.7. The van der Waals surface area contributed by atoms with E-state index < -0.39 is 5.91 Å². The van der Waals surface area contributed by atoms with Gasteiger partial charge in [0.1, 0.15) is 5.75 Å². The number of nitrogen functional groups attached to an aromatic ring is 1. The van der Waals surface area contributed by atoms with Gasteiger partial charge >= 0.3 is 0 Å². The van der Waals surface area contributed by atoms with E-state index in [1.54, 1.807) is 18.2 Å². The van der Waals surface area contributed by atoms with Gasteiger partial charge in [-0.25, -0.2) is 0 Å². The number of carbonyl (C=O) groups is 1. The molecule has 0 fully saturated rings. The Kier molecular flexibility index (Phi) is 4.15. The molecule has 1 amide bonds. The number of nitrogens with one attached hydrogen (secondary N) is 1. The highest BCUT2D eigenvalue weighted by molar-refractivity contribution is 6.31. The second kappa shape index (κ2) is 5.84. The third-order valence-corrected chi connectivity index (χ3v) is 3.22. The molecular weight excluding hydrogens is 276 g/mol. The topological polar surface area (TPSA) is 75.3 Å². The third-order valence-electron chi connectivity index (χ3n) is 2.99. The van der Waals surface area contributed by atoms with E-state index in [1.807, 2.05) is 13.0 Å². The molecule has 0 atom stereocenters. The molecule has 0 saturated heterocycles. The van der Waals surface area contributed by atoms with Crippen molar-refractivity contribution in [3.63, 3.8) is 0 Å². The number of hydrogen-bond acceptors (Lipinski definition) is 3. The van der Waals surface area contributed by atoms with Gasteiger partial charge in [-0.3, -0.25) is 4.79 Å². The summed E-state index contributed by atoms with van der Waals surface area (Å²) < 4.78 is 0. The van der Waals surface area contributed by atoms with Gasteiger partial charge in [-0.15, -0.1) is 0 Å². The summed E-state index contributed by atoms with van der Waals surface area (Å²) in [5.74, 6) is -0.573. The predicted octanol–water partition coefficient (Wildman–Crippen LogP) is 3.44. The molecular formula is C15H15ClN2O2. The maximum Gasteiger partial charge on any atom is 0.259 e. The lowest BCUT2D eigenvalue weighted by molar-refractivity contribution is 0.102. The molecule has 4 N–H and O–H groups in total. The van der Waals surface area contributed by atoms with Crippen LogP contribution in [0.3, 0.4) is 0 Å². The van der Waals surface area contributed by atoms with Crippen LogP contribution in [0.15, 0.2) is 36.4 Å².